The van der Waals surface area contributed by atoms with Gasteiger partial charge in [-0.3, -0.25) is 0 Å². The number of carbonyl (C=O) groups is 1. The summed E-state index contributed by atoms with van der Waals surface area (Å²) in [7, 11) is -3.59. The summed E-state index contributed by atoms with van der Waals surface area (Å²) >= 11 is 3.36. The number of ether oxygens (including phenoxy) is 2. The van der Waals surface area contributed by atoms with E-state index in [1.54, 1.807) is 12.1 Å². The van der Waals surface area contributed by atoms with E-state index in [2.05, 4.69) is 15.9 Å². The van der Waals surface area contributed by atoms with Crippen molar-refractivity contribution in [3.05, 3.63) is 58.6 Å². The van der Waals surface area contributed by atoms with Crippen molar-refractivity contribution in [2.24, 2.45) is 0 Å². The summed E-state index contributed by atoms with van der Waals surface area (Å²) in [6.07, 6.45) is 2.76. The summed E-state index contributed by atoms with van der Waals surface area (Å²) < 4.78 is 38.6. The number of hydrogen-bond donors (Lipinski definition) is 0. The second-order valence-corrected chi connectivity index (χ2v) is 9.29. The largest absolute Gasteiger partial charge is 0.490 e. The van der Waals surface area contributed by atoms with Crippen LogP contribution in [-0.2, 0) is 14.8 Å². The number of rotatable bonds is 7. The molecule has 0 atom stereocenters. The third-order valence-electron chi connectivity index (χ3n) is 4.40. The molecule has 0 bridgehead atoms. The smallest absolute Gasteiger partial charge is 0.338 e. The number of benzene rings is 2. The number of piperidine rings is 1. The molecular formula is C20H22BrNO5S. The molecule has 1 aliphatic heterocycles. The molecular weight excluding hydrogens is 446 g/mol. The lowest BCUT2D eigenvalue weighted by molar-refractivity contribution is 0.0450. The van der Waals surface area contributed by atoms with Crippen LogP contribution in [-0.4, -0.2) is 45.0 Å². The first kappa shape index (κ1) is 20.8. The van der Waals surface area contributed by atoms with Crippen LogP contribution in [0.5, 0.6) is 5.75 Å². The number of halogens is 1. The van der Waals surface area contributed by atoms with Crippen LogP contribution in [0.2, 0.25) is 0 Å². The summed E-state index contributed by atoms with van der Waals surface area (Å²) in [5, 5.41) is 0. The van der Waals surface area contributed by atoms with Gasteiger partial charge in [-0.2, -0.15) is 4.31 Å². The maximum absolute atomic E-state index is 12.8. The maximum Gasteiger partial charge on any atom is 0.338 e. The monoisotopic (exact) mass is 467 g/mol. The number of esters is 1. The molecule has 0 saturated carbocycles. The van der Waals surface area contributed by atoms with E-state index < -0.39 is 16.0 Å². The van der Waals surface area contributed by atoms with Gasteiger partial charge in [0, 0.05) is 17.6 Å². The molecule has 0 N–H and O–H groups in total. The second-order valence-electron chi connectivity index (χ2n) is 6.43. The van der Waals surface area contributed by atoms with Crippen molar-refractivity contribution in [2.45, 2.75) is 24.2 Å². The molecule has 28 heavy (non-hydrogen) atoms. The number of carbonyl (C=O) groups excluding carboxylic acids is 1. The first-order chi connectivity index (χ1) is 13.5. The average Bonchev–Trinajstić information content (AvgIpc) is 2.72. The van der Waals surface area contributed by atoms with Gasteiger partial charge in [0.05, 0.1) is 10.5 Å². The van der Waals surface area contributed by atoms with Crippen LogP contribution in [0, 0.1) is 0 Å². The zero-order valence-electron chi connectivity index (χ0n) is 15.3. The summed E-state index contributed by atoms with van der Waals surface area (Å²) in [5.74, 6) is 0.0913. The van der Waals surface area contributed by atoms with E-state index in [9.17, 15) is 13.2 Å². The second kappa shape index (κ2) is 9.54. The van der Waals surface area contributed by atoms with E-state index in [0.29, 0.717) is 18.8 Å². The normalized spacial score (nSPS) is 15.2. The van der Waals surface area contributed by atoms with Gasteiger partial charge < -0.3 is 9.47 Å². The lowest BCUT2D eigenvalue weighted by Crippen LogP contribution is -2.35. The van der Waals surface area contributed by atoms with Crippen LogP contribution in [0.4, 0.5) is 0 Å². The van der Waals surface area contributed by atoms with Crippen molar-refractivity contribution in [1.29, 1.82) is 0 Å². The molecule has 0 aliphatic carbocycles. The molecule has 0 spiro atoms. The molecule has 6 nitrogen and oxygen atoms in total. The van der Waals surface area contributed by atoms with Gasteiger partial charge in [0.1, 0.15) is 19.0 Å². The average molecular weight is 468 g/mol. The lowest BCUT2D eigenvalue weighted by Gasteiger charge is -2.25. The Hall–Kier alpha value is -1.90. The molecule has 2 aromatic carbocycles. The van der Waals surface area contributed by atoms with Crippen molar-refractivity contribution in [1.82, 2.24) is 4.31 Å². The van der Waals surface area contributed by atoms with Crippen molar-refractivity contribution in [2.75, 3.05) is 26.3 Å². The van der Waals surface area contributed by atoms with Crippen LogP contribution < -0.4 is 4.74 Å². The van der Waals surface area contributed by atoms with Crippen molar-refractivity contribution in [3.63, 3.8) is 0 Å². The number of nitrogens with zero attached hydrogens (tertiary/aromatic N) is 1. The number of hydrogen-bond acceptors (Lipinski definition) is 5. The Morgan fingerprint density at radius 2 is 1.75 bits per heavy atom. The van der Waals surface area contributed by atoms with Gasteiger partial charge in [0.25, 0.3) is 0 Å². The summed E-state index contributed by atoms with van der Waals surface area (Å²) in [6, 6.07) is 13.4. The summed E-state index contributed by atoms with van der Waals surface area (Å²) in [4.78, 5) is 12.4. The Bertz CT molecular complexity index is 926. The Balaban J connectivity index is 1.57. The molecule has 8 heteroatoms. The predicted molar refractivity (Wildman–Crippen MR) is 109 cm³/mol. The fourth-order valence-electron chi connectivity index (χ4n) is 2.97. The molecule has 150 valence electrons. The lowest BCUT2D eigenvalue weighted by atomic mass is 10.2. The van der Waals surface area contributed by atoms with Crippen LogP contribution in [0.3, 0.4) is 0 Å². The quantitative estimate of drug-likeness (QED) is 0.456. The van der Waals surface area contributed by atoms with E-state index >= 15 is 0 Å². The molecule has 2 aromatic rings. The van der Waals surface area contributed by atoms with Gasteiger partial charge in [-0.1, -0.05) is 34.5 Å². The molecule has 0 aromatic heterocycles. The van der Waals surface area contributed by atoms with Crippen molar-refractivity contribution in [3.8, 4) is 5.75 Å². The van der Waals surface area contributed by atoms with Crippen LogP contribution in [0.15, 0.2) is 57.9 Å². The first-order valence-electron chi connectivity index (χ1n) is 9.12. The van der Waals surface area contributed by atoms with Crippen LogP contribution in [0.25, 0.3) is 0 Å². The number of sulfonamides is 1. The fourth-order valence-corrected chi connectivity index (χ4v) is 4.91. The molecule has 1 heterocycles. The Labute approximate surface area is 173 Å². The Kier molecular flexibility index (Phi) is 7.09. The van der Waals surface area contributed by atoms with Crippen LogP contribution >= 0.6 is 15.9 Å². The maximum atomic E-state index is 12.8. The SMILES string of the molecule is O=C(OCCOc1cccc(Br)c1)c1cccc(S(=O)(=O)N2CCCCC2)c1. The van der Waals surface area contributed by atoms with Gasteiger partial charge in [-0.25, -0.2) is 13.2 Å². The highest BCUT2D eigenvalue weighted by Crippen LogP contribution is 2.22. The molecule has 3 rings (SSSR count). The Morgan fingerprint density at radius 3 is 2.50 bits per heavy atom. The van der Waals surface area contributed by atoms with Crippen molar-refractivity contribution >= 4 is 31.9 Å². The van der Waals surface area contributed by atoms with Gasteiger partial charge >= 0.3 is 5.97 Å². The first-order valence-corrected chi connectivity index (χ1v) is 11.4. The minimum atomic E-state index is -3.59. The highest BCUT2D eigenvalue weighted by Gasteiger charge is 2.26. The van der Waals surface area contributed by atoms with E-state index in [0.717, 1.165) is 23.7 Å². The molecule has 1 aliphatic rings. The van der Waals surface area contributed by atoms with Crippen LogP contribution in [0.1, 0.15) is 29.6 Å². The van der Waals surface area contributed by atoms with Gasteiger partial charge in [-0.05, 0) is 49.2 Å². The zero-order valence-corrected chi connectivity index (χ0v) is 17.7. The predicted octanol–water partition coefficient (Wildman–Crippen LogP) is 3.86. The van der Waals surface area contributed by atoms with Gasteiger partial charge in [0.15, 0.2) is 0 Å². The van der Waals surface area contributed by atoms with E-state index in [1.165, 1.54) is 16.4 Å². The molecule has 1 saturated heterocycles. The third-order valence-corrected chi connectivity index (χ3v) is 6.79. The molecule has 0 amide bonds. The third kappa shape index (κ3) is 5.33. The van der Waals surface area contributed by atoms with E-state index in [4.69, 9.17) is 9.47 Å². The molecule has 0 unspecified atom stereocenters. The van der Waals surface area contributed by atoms with Crippen molar-refractivity contribution < 1.29 is 22.7 Å². The minimum Gasteiger partial charge on any atom is -0.490 e. The highest BCUT2D eigenvalue weighted by molar-refractivity contribution is 9.10. The summed E-state index contributed by atoms with van der Waals surface area (Å²) in [6.45, 7) is 1.30. The van der Waals surface area contributed by atoms with Gasteiger partial charge in [-0.15, -0.1) is 0 Å². The standard InChI is InChI=1S/C20H22BrNO5S/c21-17-7-5-8-18(15-17)26-12-13-27-20(23)16-6-4-9-19(14-16)28(24,25)22-10-2-1-3-11-22/h4-9,14-15H,1-3,10-13H2. The molecule has 0 radical (unpaired) electrons. The minimum absolute atomic E-state index is 0.0639. The zero-order chi connectivity index (χ0) is 20.0. The van der Waals surface area contributed by atoms with E-state index in [-0.39, 0.29) is 23.7 Å². The van der Waals surface area contributed by atoms with Gasteiger partial charge in [0.2, 0.25) is 10.0 Å². The highest BCUT2D eigenvalue weighted by atomic mass is 79.9. The summed E-state index contributed by atoms with van der Waals surface area (Å²) in [5.41, 5.74) is 0.209. The van der Waals surface area contributed by atoms with E-state index in [1.807, 2.05) is 24.3 Å². The Morgan fingerprint density at radius 1 is 1.00 bits per heavy atom. The fraction of sp³-hybridized carbons (Fsp3) is 0.350. The topological polar surface area (TPSA) is 72.9 Å². The molecule has 1 fully saturated rings.